The van der Waals surface area contributed by atoms with E-state index in [4.69, 9.17) is 10.5 Å². The van der Waals surface area contributed by atoms with E-state index >= 15 is 0 Å². The number of aromatic nitrogens is 1. The standard InChI is InChI=1S/C20H18F4N4O3/c1-10-5-12(30-18(23)24)9-26-16(10)17(29)27-11-3-4-15(22)14(6-11)20(2)7-13(8-21)31-19(25)28-20/h3-7,9,18H,8H2,1-2H3,(H2,25,28)(H,27,29)/t20-/m0/s1. The van der Waals surface area contributed by atoms with Crippen LogP contribution in [0.25, 0.3) is 0 Å². The van der Waals surface area contributed by atoms with Gasteiger partial charge in [-0.05, 0) is 49.8 Å². The van der Waals surface area contributed by atoms with Crippen molar-refractivity contribution in [2.75, 3.05) is 12.0 Å². The van der Waals surface area contributed by atoms with Crippen LogP contribution >= 0.6 is 0 Å². The molecule has 0 bridgehead atoms. The third-order valence-corrected chi connectivity index (χ3v) is 4.41. The number of amides is 1. The van der Waals surface area contributed by atoms with E-state index in [2.05, 4.69) is 20.0 Å². The first-order valence-electron chi connectivity index (χ1n) is 8.95. The first-order chi connectivity index (χ1) is 14.6. The van der Waals surface area contributed by atoms with Crippen molar-refractivity contribution in [1.82, 2.24) is 4.98 Å². The van der Waals surface area contributed by atoms with Crippen LogP contribution in [0.1, 0.15) is 28.5 Å². The Bertz CT molecular complexity index is 1070. The molecule has 1 aliphatic heterocycles. The predicted molar refractivity (Wildman–Crippen MR) is 104 cm³/mol. The molecule has 1 aliphatic rings. The predicted octanol–water partition coefficient (Wildman–Crippen LogP) is 3.80. The quantitative estimate of drug-likeness (QED) is 0.669. The second kappa shape index (κ2) is 8.62. The minimum absolute atomic E-state index is 0.0212. The number of carbonyl (C=O) groups excluding carboxylic acids is 1. The topological polar surface area (TPSA) is 98.8 Å². The number of hydrogen-bond donors (Lipinski definition) is 2. The number of carbonyl (C=O) groups is 1. The summed E-state index contributed by atoms with van der Waals surface area (Å²) in [5.74, 6) is -1.61. The van der Waals surface area contributed by atoms with E-state index in [1.807, 2.05) is 0 Å². The maximum atomic E-state index is 14.6. The molecule has 3 rings (SSSR count). The number of nitrogens with zero attached hydrogens (tertiary/aromatic N) is 2. The number of aryl methyl sites for hydroxylation is 1. The van der Waals surface area contributed by atoms with Crippen LogP contribution in [0, 0.1) is 12.7 Å². The first kappa shape index (κ1) is 22.1. The zero-order chi connectivity index (χ0) is 22.8. The van der Waals surface area contributed by atoms with Gasteiger partial charge in [0.05, 0.1) is 6.20 Å². The van der Waals surface area contributed by atoms with Gasteiger partial charge < -0.3 is 20.5 Å². The number of amidine groups is 1. The van der Waals surface area contributed by atoms with Crippen LogP contribution < -0.4 is 15.8 Å². The van der Waals surface area contributed by atoms with Gasteiger partial charge in [-0.25, -0.2) is 18.8 Å². The maximum absolute atomic E-state index is 14.6. The molecule has 0 spiro atoms. The summed E-state index contributed by atoms with van der Waals surface area (Å²) in [6, 6.07) is 4.67. The Morgan fingerprint density at radius 2 is 2.10 bits per heavy atom. The molecular weight excluding hydrogens is 420 g/mol. The third-order valence-electron chi connectivity index (χ3n) is 4.41. The summed E-state index contributed by atoms with van der Waals surface area (Å²) in [7, 11) is 0. The van der Waals surface area contributed by atoms with Crippen molar-refractivity contribution in [3.8, 4) is 5.75 Å². The van der Waals surface area contributed by atoms with Crippen molar-refractivity contribution in [2.24, 2.45) is 10.7 Å². The number of nitrogens with two attached hydrogens (primary N) is 1. The SMILES string of the molecule is Cc1cc(OC(F)F)cnc1C(=O)Nc1ccc(F)c([C@]2(C)C=C(CF)OC(N)=N2)c1. The first-order valence-corrected chi connectivity index (χ1v) is 8.95. The van der Waals surface area contributed by atoms with Gasteiger partial charge in [0.25, 0.3) is 11.9 Å². The van der Waals surface area contributed by atoms with Gasteiger partial charge in [-0.1, -0.05) is 0 Å². The van der Waals surface area contributed by atoms with Gasteiger partial charge in [-0.3, -0.25) is 4.79 Å². The van der Waals surface area contributed by atoms with Crippen LogP contribution in [0.2, 0.25) is 0 Å². The van der Waals surface area contributed by atoms with Crippen molar-refractivity contribution in [1.29, 1.82) is 0 Å². The highest BCUT2D eigenvalue weighted by molar-refractivity contribution is 6.03. The number of nitrogens with one attached hydrogen (secondary N) is 1. The fraction of sp³-hybridized carbons (Fsp3) is 0.250. The Hall–Kier alpha value is -3.63. The van der Waals surface area contributed by atoms with Gasteiger partial charge >= 0.3 is 6.61 Å². The number of halogens is 4. The number of aliphatic imine (C=N–C) groups is 1. The number of rotatable bonds is 6. The zero-order valence-electron chi connectivity index (χ0n) is 16.5. The number of ether oxygens (including phenoxy) is 2. The molecule has 2 aromatic rings. The summed E-state index contributed by atoms with van der Waals surface area (Å²) in [6.07, 6.45) is 2.29. The monoisotopic (exact) mass is 438 g/mol. The third kappa shape index (κ3) is 4.93. The fourth-order valence-electron chi connectivity index (χ4n) is 3.10. The average Bonchev–Trinajstić information content (AvgIpc) is 2.68. The molecular formula is C20H18F4N4O3. The maximum Gasteiger partial charge on any atom is 0.387 e. The van der Waals surface area contributed by atoms with Crippen LogP contribution in [-0.4, -0.2) is 30.2 Å². The molecule has 1 atom stereocenters. The lowest BCUT2D eigenvalue weighted by molar-refractivity contribution is -0.0501. The average molecular weight is 438 g/mol. The number of hydrogen-bond acceptors (Lipinski definition) is 6. The van der Waals surface area contributed by atoms with Crippen molar-refractivity contribution in [3.05, 3.63) is 64.9 Å². The van der Waals surface area contributed by atoms with Crippen LogP contribution in [0.15, 0.2) is 47.3 Å². The van der Waals surface area contributed by atoms with Crippen molar-refractivity contribution < 1.29 is 31.8 Å². The summed E-state index contributed by atoms with van der Waals surface area (Å²) in [4.78, 5) is 20.5. The normalized spacial score (nSPS) is 18.2. The van der Waals surface area contributed by atoms with E-state index in [1.54, 1.807) is 0 Å². The molecule has 31 heavy (non-hydrogen) atoms. The van der Waals surface area contributed by atoms with Crippen LogP contribution in [0.3, 0.4) is 0 Å². The van der Waals surface area contributed by atoms with Crippen molar-refractivity contribution in [2.45, 2.75) is 26.0 Å². The Morgan fingerprint density at radius 1 is 1.35 bits per heavy atom. The highest BCUT2D eigenvalue weighted by Crippen LogP contribution is 2.35. The minimum Gasteiger partial charge on any atom is -0.433 e. The number of allylic oxidation sites excluding steroid dienone is 1. The molecule has 7 nitrogen and oxygen atoms in total. The van der Waals surface area contributed by atoms with Crippen molar-refractivity contribution in [3.63, 3.8) is 0 Å². The summed E-state index contributed by atoms with van der Waals surface area (Å²) in [5, 5.41) is 2.56. The number of benzene rings is 1. The van der Waals surface area contributed by atoms with Crippen LogP contribution in [0.4, 0.5) is 23.2 Å². The molecule has 2 heterocycles. The van der Waals surface area contributed by atoms with Gasteiger partial charge in [-0.15, -0.1) is 0 Å². The molecule has 0 saturated heterocycles. The van der Waals surface area contributed by atoms with E-state index < -0.39 is 30.5 Å². The second-order valence-corrected chi connectivity index (χ2v) is 6.81. The van der Waals surface area contributed by atoms with E-state index in [-0.39, 0.29) is 34.5 Å². The molecule has 1 amide bonds. The molecule has 1 aromatic carbocycles. The zero-order valence-corrected chi connectivity index (χ0v) is 16.5. The summed E-state index contributed by atoms with van der Waals surface area (Å²) < 4.78 is 61.5. The van der Waals surface area contributed by atoms with Gasteiger partial charge in [0.15, 0.2) is 0 Å². The number of pyridine rings is 1. The highest BCUT2D eigenvalue weighted by atomic mass is 19.3. The molecule has 0 radical (unpaired) electrons. The van der Waals surface area contributed by atoms with Gasteiger partial charge in [-0.2, -0.15) is 8.78 Å². The highest BCUT2D eigenvalue weighted by Gasteiger charge is 2.32. The Labute approximate surface area is 174 Å². The summed E-state index contributed by atoms with van der Waals surface area (Å²) in [6.45, 7) is -0.968. The van der Waals surface area contributed by atoms with Crippen molar-refractivity contribution >= 4 is 17.6 Å². The number of alkyl halides is 3. The van der Waals surface area contributed by atoms with E-state index in [1.165, 1.54) is 38.1 Å². The molecule has 1 aromatic heterocycles. The lowest BCUT2D eigenvalue weighted by Crippen LogP contribution is -2.31. The Kier molecular flexibility index (Phi) is 6.14. The fourth-order valence-corrected chi connectivity index (χ4v) is 3.10. The van der Waals surface area contributed by atoms with E-state index in [0.717, 1.165) is 12.3 Å². The van der Waals surface area contributed by atoms with E-state index in [9.17, 15) is 22.4 Å². The molecule has 0 fully saturated rings. The summed E-state index contributed by atoms with van der Waals surface area (Å²) >= 11 is 0. The molecule has 11 heteroatoms. The largest absolute Gasteiger partial charge is 0.433 e. The van der Waals surface area contributed by atoms with Gasteiger partial charge in [0, 0.05) is 11.3 Å². The van der Waals surface area contributed by atoms with Crippen LogP contribution in [0.5, 0.6) is 5.75 Å². The number of anilines is 1. The smallest absolute Gasteiger partial charge is 0.387 e. The molecule has 3 N–H and O–H groups in total. The molecule has 164 valence electrons. The lowest BCUT2D eigenvalue weighted by atomic mass is 9.90. The molecule has 0 unspecified atom stereocenters. The Morgan fingerprint density at radius 3 is 2.74 bits per heavy atom. The summed E-state index contributed by atoms with van der Waals surface area (Å²) in [5.41, 5.74) is 4.70. The van der Waals surface area contributed by atoms with E-state index in [0.29, 0.717) is 5.56 Å². The van der Waals surface area contributed by atoms with Gasteiger partial charge in [0.1, 0.15) is 35.2 Å². The Balaban J connectivity index is 1.88. The molecule has 0 aliphatic carbocycles. The molecule has 0 saturated carbocycles. The lowest BCUT2D eigenvalue weighted by Gasteiger charge is -2.28. The van der Waals surface area contributed by atoms with Gasteiger partial charge in [0.2, 0.25) is 0 Å². The van der Waals surface area contributed by atoms with Crippen LogP contribution in [-0.2, 0) is 10.3 Å². The minimum atomic E-state index is -3.02. The second-order valence-electron chi connectivity index (χ2n) is 6.81.